The van der Waals surface area contributed by atoms with Gasteiger partial charge in [0.2, 0.25) is 0 Å². The van der Waals surface area contributed by atoms with E-state index in [1.54, 1.807) is 24.3 Å². The van der Waals surface area contributed by atoms with Crippen LogP contribution in [0.25, 0.3) is 11.5 Å². The van der Waals surface area contributed by atoms with E-state index >= 15 is 0 Å². The summed E-state index contributed by atoms with van der Waals surface area (Å²) in [6.45, 7) is 2.13. The van der Waals surface area contributed by atoms with E-state index in [0.717, 1.165) is 11.1 Å². The second kappa shape index (κ2) is 6.62. The number of aromatic nitrogens is 2. The maximum absolute atomic E-state index is 12.1. The number of nitrogens with zero attached hydrogens (tertiary/aromatic N) is 2. The lowest BCUT2D eigenvalue weighted by Crippen LogP contribution is -2.23. The van der Waals surface area contributed by atoms with Gasteiger partial charge in [-0.25, -0.2) is 0 Å². The summed E-state index contributed by atoms with van der Waals surface area (Å²) in [6.07, 6.45) is 0. The Balaban J connectivity index is 1.67. The average molecular weight is 328 g/mol. The molecule has 0 saturated carbocycles. The molecule has 0 radical (unpaired) electrons. The molecule has 0 aliphatic heterocycles. The van der Waals surface area contributed by atoms with E-state index in [4.69, 9.17) is 16.1 Å². The van der Waals surface area contributed by atoms with Gasteiger partial charge in [-0.15, -0.1) is 0 Å². The molecule has 0 unspecified atom stereocenters. The number of hydrogen-bond acceptors (Lipinski definition) is 4. The Hall–Kier alpha value is -2.66. The van der Waals surface area contributed by atoms with E-state index in [1.807, 2.05) is 31.2 Å². The lowest BCUT2D eigenvalue weighted by atomic mass is 10.1. The number of benzene rings is 2. The van der Waals surface area contributed by atoms with Gasteiger partial charge in [0.15, 0.2) is 5.82 Å². The van der Waals surface area contributed by atoms with Gasteiger partial charge in [0, 0.05) is 16.1 Å². The Morgan fingerprint density at radius 2 is 2.04 bits per heavy atom. The highest BCUT2D eigenvalue weighted by atomic mass is 35.5. The van der Waals surface area contributed by atoms with Crippen LogP contribution in [0.3, 0.4) is 0 Å². The molecular formula is C17H14ClN3O2. The molecule has 1 heterocycles. The first-order chi connectivity index (χ1) is 11.1. The zero-order valence-electron chi connectivity index (χ0n) is 12.4. The molecule has 3 rings (SSSR count). The summed E-state index contributed by atoms with van der Waals surface area (Å²) in [5.41, 5.74) is 2.37. The van der Waals surface area contributed by atoms with Crippen LogP contribution >= 0.6 is 11.6 Å². The average Bonchev–Trinajstić information content (AvgIpc) is 3.01. The first-order valence-corrected chi connectivity index (χ1v) is 7.43. The van der Waals surface area contributed by atoms with Gasteiger partial charge in [0.05, 0.1) is 6.54 Å². The van der Waals surface area contributed by atoms with E-state index in [2.05, 4.69) is 15.5 Å². The summed E-state index contributed by atoms with van der Waals surface area (Å²) in [6, 6.07) is 14.5. The van der Waals surface area contributed by atoms with Crippen LogP contribution in [0.2, 0.25) is 5.02 Å². The Morgan fingerprint density at radius 3 is 2.83 bits per heavy atom. The molecule has 2 aromatic carbocycles. The second-order valence-corrected chi connectivity index (χ2v) is 5.51. The first kappa shape index (κ1) is 15.2. The Kier molecular flexibility index (Phi) is 4.39. The van der Waals surface area contributed by atoms with Gasteiger partial charge in [0.1, 0.15) is 0 Å². The number of hydrogen-bond donors (Lipinski definition) is 1. The Labute approximate surface area is 138 Å². The van der Waals surface area contributed by atoms with Gasteiger partial charge in [-0.3, -0.25) is 4.79 Å². The standard InChI is InChI=1S/C17H14ClN3O2/c1-11-4-2-5-12(8-11)16(22)19-10-15-20-17(23-21-15)13-6-3-7-14(18)9-13/h2-9H,10H2,1H3,(H,19,22). The van der Waals surface area contributed by atoms with Gasteiger partial charge in [-0.1, -0.05) is 40.5 Å². The minimum Gasteiger partial charge on any atom is -0.345 e. The summed E-state index contributed by atoms with van der Waals surface area (Å²) in [4.78, 5) is 16.3. The highest BCUT2D eigenvalue weighted by Crippen LogP contribution is 2.20. The lowest BCUT2D eigenvalue weighted by Gasteiger charge is -2.03. The van der Waals surface area contributed by atoms with Crippen molar-refractivity contribution in [2.75, 3.05) is 0 Å². The maximum atomic E-state index is 12.1. The van der Waals surface area contributed by atoms with Crippen LogP contribution in [-0.4, -0.2) is 16.0 Å². The van der Waals surface area contributed by atoms with Gasteiger partial charge in [-0.05, 0) is 37.3 Å². The van der Waals surface area contributed by atoms with Crippen LogP contribution in [0.5, 0.6) is 0 Å². The molecule has 0 spiro atoms. The summed E-state index contributed by atoms with van der Waals surface area (Å²) < 4.78 is 5.19. The van der Waals surface area contributed by atoms with Crippen molar-refractivity contribution in [3.8, 4) is 11.5 Å². The maximum Gasteiger partial charge on any atom is 0.258 e. The molecule has 5 nitrogen and oxygen atoms in total. The van der Waals surface area contributed by atoms with E-state index in [9.17, 15) is 4.79 Å². The molecule has 1 N–H and O–H groups in total. The molecule has 1 amide bonds. The van der Waals surface area contributed by atoms with Crippen LogP contribution < -0.4 is 5.32 Å². The van der Waals surface area contributed by atoms with Crippen LogP contribution in [0.1, 0.15) is 21.7 Å². The number of amides is 1. The monoisotopic (exact) mass is 327 g/mol. The third kappa shape index (κ3) is 3.76. The molecule has 23 heavy (non-hydrogen) atoms. The van der Waals surface area contributed by atoms with Crippen molar-refractivity contribution >= 4 is 17.5 Å². The highest BCUT2D eigenvalue weighted by Gasteiger charge is 2.11. The van der Waals surface area contributed by atoms with Crippen molar-refractivity contribution in [1.82, 2.24) is 15.5 Å². The van der Waals surface area contributed by atoms with Crippen LogP contribution in [-0.2, 0) is 6.54 Å². The van der Waals surface area contributed by atoms with Gasteiger partial charge >= 0.3 is 0 Å². The quantitative estimate of drug-likeness (QED) is 0.794. The van der Waals surface area contributed by atoms with E-state index in [0.29, 0.717) is 22.3 Å². The molecule has 3 aromatic rings. The minimum absolute atomic E-state index is 0.178. The third-order valence-electron chi connectivity index (χ3n) is 3.23. The van der Waals surface area contributed by atoms with Crippen LogP contribution in [0, 0.1) is 6.92 Å². The Morgan fingerprint density at radius 1 is 1.22 bits per heavy atom. The summed E-state index contributed by atoms with van der Waals surface area (Å²) in [5, 5.41) is 7.22. The summed E-state index contributed by atoms with van der Waals surface area (Å²) in [5.74, 6) is 0.594. The zero-order chi connectivity index (χ0) is 16.2. The fourth-order valence-electron chi connectivity index (χ4n) is 2.11. The Bertz CT molecular complexity index is 845. The normalized spacial score (nSPS) is 10.5. The molecule has 0 bridgehead atoms. The number of nitrogens with one attached hydrogen (secondary N) is 1. The molecule has 0 atom stereocenters. The molecule has 0 aliphatic rings. The SMILES string of the molecule is Cc1cccc(C(=O)NCc2noc(-c3cccc(Cl)c3)n2)c1. The number of rotatable bonds is 4. The largest absolute Gasteiger partial charge is 0.345 e. The fourth-order valence-corrected chi connectivity index (χ4v) is 2.30. The van der Waals surface area contributed by atoms with Crippen molar-refractivity contribution in [2.45, 2.75) is 13.5 Å². The highest BCUT2D eigenvalue weighted by molar-refractivity contribution is 6.30. The van der Waals surface area contributed by atoms with E-state index in [1.165, 1.54) is 0 Å². The molecule has 1 aromatic heterocycles. The van der Waals surface area contributed by atoms with Crippen molar-refractivity contribution in [3.63, 3.8) is 0 Å². The van der Waals surface area contributed by atoms with E-state index in [-0.39, 0.29) is 12.5 Å². The number of halogens is 1. The molecule has 0 fully saturated rings. The summed E-state index contributed by atoms with van der Waals surface area (Å²) >= 11 is 5.94. The number of carbonyl (C=O) groups is 1. The lowest BCUT2D eigenvalue weighted by molar-refractivity contribution is 0.0949. The summed E-state index contributed by atoms with van der Waals surface area (Å²) in [7, 11) is 0. The van der Waals surface area contributed by atoms with Gasteiger partial charge in [-0.2, -0.15) is 4.98 Å². The van der Waals surface area contributed by atoms with Crippen LogP contribution in [0.15, 0.2) is 53.1 Å². The number of aryl methyl sites for hydroxylation is 1. The van der Waals surface area contributed by atoms with Gasteiger partial charge in [0.25, 0.3) is 11.8 Å². The zero-order valence-corrected chi connectivity index (χ0v) is 13.2. The predicted octanol–water partition coefficient (Wildman–Crippen LogP) is 3.63. The topological polar surface area (TPSA) is 68.0 Å². The number of carbonyl (C=O) groups excluding carboxylic acids is 1. The van der Waals surface area contributed by atoms with Gasteiger partial charge < -0.3 is 9.84 Å². The molecule has 0 saturated heterocycles. The molecule has 116 valence electrons. The molecular weight excluding hydrogens is 314 g/mol. The molecule has 6 heteroatoms. The molecule has 0 aliphatic carbocycles. The van der Waals surface area contributed by atoms with Crippen molar-refractivity contribution in [2.24, 2.45) is 0 Å². The van der Waals surface area contributed by atoms with Crippen molar-refractivity contribution < 1.29 is 9.32 Å². The second-order valence-electron chi connectivity index (χ2n) is 5.08. The smallest absolute Gasteiger partial charge is 0.258 e. The fraction of sp³-hybridized carbons (Fsp3) is 0.118. The van der Waals surface area contributed by atoms with E-state index < -0.39 is 0 Å². The third-order valence-corrected chi connectivity index (χ3v) is 3.46. The van der Waals surface area contributed by atoms with Crippen molar-refractivity contribution in [1.29, 1.82) is 0 Å². The minimum atomic E-state index is -0.178. The predicted molar refractivity (Wildman–Crippen MR) is 87.1 cm³/mol. The van der Waals surface area contributed by atoms with Crippen molar-refractivity contribution in [3.05, 3.63) is 70.5 Å². The van der Waals surface area contributed by atoms with Crippen LogP contribution in [0.4, 0.5) is 0 Å². The first-order valence-electron chi connectivity index (χ1n) is 7.05.